The predicted octanol–water partition coefficient (Wildman–Crippen LogP) is 5.91. The molecule has 0 spiro atoms. The highest BCUT2D eigenvalue weighted by Gasteiger charge is 2.17. The smallest absolute Gasteiger partial charge is 0.0595 e. The lowest BCUT2D eigenvalue weighted by molar-refractivity contribution is 0.635. The van der Waals surface area contributed by atoms with Gasteiger partial charge in [-0.15, -0.1) is 11.3 Å². The zero-order valence-corrected chi connectivity index (χ0v) is 13.9. The Labute approximate surface area is 138 Å². The molecule has 1 heterocycles. The summed E-state index contributed by atoms with van der Waals surface area (Å²) in [5, 5.41) is 8.14. The summed E-state index contributed by atoms with van der Waals surface area (Å²) in [7, 11) is 0. The molecule has 21 heavy (non-hydrogen) atoms. The summed E-state index contributed by atoms with van der Waals surface area (Å²) in [6.45, 7) is 2.99. The number of halogens is 2. The fourth-order valence-electron chi connectivity index (χ4n) is 2.55. The highest BCUT2D eigenvalue weighted by atomic mass is 35.5. The number of thiophene rings is 1. The summed E-state index contributed by atoms with van der Waals surface area (Å²) >= 11 is 14.0. The van der Waals surface area contributed by atoms with E-state index in [1.807, 2.05) is 18.2 Å². The fraction of sp³-hybridized carbons (Fsp3) is 0.176. The molecule has 1 atom stereocenters. The van der Waals surface area contributed by atoms with Crippen LogP contribution >= 0.6 is 34.5 Å². The molecule has 0 aliphatic heterocycles. The summed E-state index contributed by atoms with van der Waals surface area (Å²) in [6.07, 6.45) is 0. The molecular formula is C17H15Cl2NS. The lowest BCUT2D eigenvalue weighted by Gasteiger charge is -2.20. The Morgan fingerprint density at radius 1 is 1.10 bits per heavy atom. The van der Waals surface area contributed by atoms with E-state index >= 15 is 0 Å². The minimum absolute atomic E-state index is 0.118. The van der Waals surface area contributed by atoms with E-state index in [9.17, 15) is 0 Å². The normalized spacial score (nSPS) is 12.7. The second kappa shape index (κ2) is 6.37. The maximum atomic E-state index is 6.19. The van der Waals surface area contributed by atoms with Crippen LogP contribution in [0.15, 0.2) is 47.8 Å². The minimum Gasteiger partial charge on any atom is -0.306 e. The van der Waals surface area contributed by atoms with Crippen molar-refractivity contribution in [2.45, 2.75) is 13.0 Å². The first-order chi connectivity index (χ1) is 10.2. The van der Waals surface area contributed by atoms with Crippen molar-refractivity contribution in [2.24, 2.45) is 0 Å². The molecule has 0 saturated heterocycles. The maximum Gasteiger partial charge on any atom is 0.0595 e. The van der Waals surface area contributed by atoms with Crippen LogP contribution in [-0.2, 0) is 0 Å². The molecule has 4 heteroatoms. The zero-order valence-electron chi connectivity index (χ0n) is 11.6. The Kier molecular flexibility index (Phi) is 4.51. The SMILES string of the molecule is CCNC(c1ccc(Cl)c(Cl)c1)c1cccc2ccsc12. The number of nitrogens with one attached hydrogen (secondary N) is 1. The van der Waals surface area contributed by atoms with Crippen molar-refractivity contribution >= 4 is 44.6 Å². The molecule has 0 fully saturated rings. The van der Waals surface area contributed by atoms with Crippen molar-refractivity contribution in [3.8, 4) is 0 Å². The third kappa shape index (κ3) is 2.95. The van der Waals surface area contributed by atoms with E-state index in [0.717, 1.165) is 12.1 Å². The topological polar surface area (TPSA) is 12.0 Å². The zero-order chi connectivity index (χ0) is 14.8. The predicted molar refractivity (Wildman–Crippen MR) is 93.8 cm³/mol. The van der Waals surface area contributed by atoms with Crippen molar-refractivity contribution in [3.05, 3.63) is 69.0 Å². The molecule has 2 aromatic carbocycles. The Hall–Kier alpha value is -1.06. The second-order valence-electron chi connectivity index (χ2n) is 4.85. The van der Waals surface area contributed by atoms with E-state index < -0.39 is 0 Å². The summed E-state index contributed by atoms with van der Waals surface area (Å²) in [5.74, 6) is 0. The van der Waals surface area contributed by atoms with Crippen LogP contribution in [0.4, 0.5) is 0 Å². The van der Waals surface area contributed by atoms with Gasteiger partial charge in [0.25, 0.3) is 0 Å². The summed E-state index contributed by atoms with van der Waals surface area (Å²) < 4.78 is 1.31. The number of benzene rings is 2. The number of fused-ring (bicyclic) bond motifs is 1. The Balaban J connectivity index is 2.13. The van der Waals surface area contributed by atoms with Crippen LogP contribution in [0.1, 0.15) is 24.1 Å². The molecule has 3 rings (SSSR count). The van der Waals surface area contributed by atoms with Gasteiger partial charge in [0.1, 0.15) is 0 Å². The number of hydrogen-bond acceptors (Lipinski definition) is 2. The van der Waals surface area contributed by atoms with Crippen LogP contribution in [0.25, 0.3) is 10.1 Å². The third-order valence-corrected chi connectivity index (χ3v) is 5.22. The van der Waals surface area contributed by atoms with Crippen LogP contribution in [0, 0.1) is 0 Å². The molecule has 1 aromatic heterocycles. The quantitative estimate of drug-likeness (QED) is 0.625. The number of rotatable bonds is 4. The lowest BCUT2D eigenvalue weighted by atomic mass is 9.97. The monoisotopic (exact) mass is 335 g/mol. The van der Waals surface area contributed by atoms with Gasteiger partial charge in [0.15, 0.2) is 0 Å². The summed E-state index contributed by atoms with van der Waals surface area (Å²) in [4.78, 5) is 0. The van der Waals surface area contributed by atoms with Crippen molar-refractivity contribution in [3.63, 3.8) is 0 Å². The summed E-state index contributed by atoms with van der Waals surface area (Å²) in [6, 6.07) is 14.5. The Morgan fingerprint density at radius 3 is 2.71 bits per heavy atom. The van der Waals surface area contributed by atoms with Crippen LogP contribution < -0.4 is 5.32 Å². The second-order valence-corrected chi connectivity index (χ2v) is 6.58. The average Bonchev–Trinajstić information content (AvgIpc) is 2.96. The number of hydrogen-bond donors (Lipinski definition) is 1. The van der Waals surface area contributed by atoms with E-state index in [1.165, 1.54) is 15.6 Å². The van der Waals surface area contributed by atoms with Gasteiger partial charge < -0.3 is 5.32 Å². The van der Waals surface area contributed by atoms with E-state index in [2.05, 4.69) is 41.9 Å². The third-order valence-electron chi connectivity index (χ3n) is 3.51. The van der Waals surface area contributed by atoms with Crippen LogP contribution in [-0.4, -0.2) is 6.54 Å². The van der Waals surface area contributed by atoms with Gasteiger partial charge in [-0.3, -0.25) is 0 Å². The van der Waals surface area contributed by atoms with E-state index in [-0.39, 0.29) is 6.04 Å². The maximum absolute atomic E-state index is 6.19. The van der Waals surface area contributed by atoms with Gasteiger partial charge in [-0.1, -0.05) is 54.4 Å². The lowest BCUT2D eigenvalue weighted by Crippen LogP contribution is -2.22. The van der Waals surface area contributed by atoms with Gasteiger partial charge in [0.05, 0.1) is 16.1 Å². The first-order valence-electron chi connectivity index (χ1n) is 6.85. The van der Waals surface area contributed by atoms with Crippen molar-refractivity contribution in [1.29, 1.82) is 0 Å². The minimum atomic E-state index is 0.118. The molecule has 0 aliphatic carbocycles. The van der Waals surface area contributed by atoms with Gasteiger partial charge in [-0.2, -0.15) is 0 Å². The van der Waals surface area contributed by atoms with Gasteiger partial charge in [0, 0.05) is 4.70 Å². The van der Waals surface area contributed by atoms with E-state index in [0.29, 0.717) is 10.0 Å². The first kappa shape index (κ1) is 14.9. The molecule has 1 nitrogen and oxygen atoms in total. The van der Waals surface area contributed by atoms with Gasteiger partial charge in [-0.05, 0) is 46.6 Å². The summed E-state index contributed by atoms with van der Waals surface area (Å²) in [5.41, 5.74) is 2.41. The van der Waals surface area contributed by atoms with Crippen molar-refractivity contribution in [2.75, 3.05) is 6.54 Å². The molecule has 1 unspecified atom stereocenters. The molecular weight excluding hydrogens is 321 g/mol. The molecule has 0 bridgehead atoms. The van der Waals surface area contributed by atoms with E-state index in [4.69, 9.17) is 23.2 Å². The molecule has 3 aromatic rings. The largest absolute Gasteiger partial charge is 0.306 e. The standard InChI is InChI=1S/C17H15Cl2NS/c1-2-20-16(12-6-7-14(18)15(19)10-12)13-5-3-4-11-8-9-21-17(11)13/h3-10,16,20H,2H2,1H3. The Morgan fingerprint density at radius 2 is 1.95 bits per heavy atom. The molecule has 108 valence electrons. The van der Waals surface area contributed by atoms with Gasteiger partial charge in [0.2, 0.25) is 0 Å². The van der Waals surface area contributed by atoms with Gasteiger partial charge in [-0.25, -0.2) is 0 Å². The van der Waals surface area contributed by atoms with Crippen molar-refractivity contribution in [1.82, 2.24) is 5.32 Å². The fourth-order valence-corrected chi connectivity index (χ4v) is 3.80. The highest BCUT2D eigenvalue weighted by molar-refractivity contribution is 7.17. The molecule has 1 N–H and O–H groups in total. The van der Waals surface area contributed by atoms with Gasteiger partial charge >= 0.3 is 0 Å². The molecule has 0 saturated carbocycles. The molecule has 0 aliphatic rings. The molecule has 0 radical (unpaired) electrons. The molecule has 0 amide bonds. The van der Waals surface area contributed by atoms with Crippen LogP contribution in [0.3, 0.4) is 0 Å². The van der Waals surface area contributed by atoms with Crippen LogP contribution in [0.2, 0.25) is 10.0 Å². The van der Waals surface area contributed by atoms with Crippen molar-refractivity contribution < 1.29 is 0 Å². The Bertz CT molecular complexity index is 766. The first-order valence-corrected chi connectivity index (χ1v) is 8.48. The van der Waals surface area contributed by atoms with E-state index in [1.54, 1.807) is 11.3 Å². The average molecular weight is 336 g/mol. The van der Waals surface area contributed by atoms with Crippen LogP contribution in [0.5, 0.6) is 0 Å². The highest BCUT2D eigenvalue weighted by Crippen LogP contribution is 2.34.